The molecule has 0 unspecified atom stereocenters. The number of anilines is 1. The zero-order chi connectivity index (χ0) is 20.7. The highest BCUT2D eigenvalue weighted by molar-refractivity contribution is 5.93. The van der Waals surface area contributed by atoms with E-state index in [4.69, 9.17) is 9.47 Å². The number of para-hydroxylation sites is 1. The Hall–Kier alpha value is -2.53. The SMILES string of the molecule is CCN(CC(=O)Nc1ccccc1C(C)(C)C)Cc1ccc(OC)c(OC)c1. The lowest BCUT2D eigenvalue weighted by atomic mass is 9.86. The monoisotopic (exact) mass is 384 g/mol. The Bertz CT molecular complexity index is 797. The summed E-state index contributed by atoms with van der Waals surface area (Å²) >= 11 is 0. The van der Waals surface area contributed by atoms with Crippen LogP contribution in [-0.2, 0) is 16.8 Å². The van der Waals surface area contributed by atoms with Gasteiger partial charge in [-0.05, 0) is 41.3 Å². The van der Waals surface area contributed by atoms with E-state index < -0.39 is 0 Å². The summed E-state index contributed by atoms with van der Waals surface area (Å²) in [5.41, 5.74) is 3.05. The molecule has 0 saturated carbocycles. The molecule has 5 nitrogen and oxygen atoms in total. The van der Waals surface area contributed by atoms with Crippen molar-refractivity contribution in [2.24, 2.45) is 0 Å². The largest absolute Gasteiger partial charge is 0.493 e. The third-order valence-electron chi connectivity index (χ3n) is 4.68. The third-order valence-corrected chi connectivity index (χ3v) is 4.68. The van der Waals surface area contributed by atoms with Crippen LogP contribution in [0.4, 0.5) is 5.69 Å². The number of methoxy groups -OCH3 is 2. The molecule has 2 aromatic carbocycles. The summed E-state index contributed by atoms with van der Waals surface area (Å²) in [6.45, 7) is 10.2. The van der Waals surface area contributed by atoms with Gasteiger partial charge in [-0.25, -0.2) is 0 Å². The van der Waals surface area contributed by atoms with Gasteiger partial charge in [0.2, 0.25) is 5.91 Å². The molecule has 0 aliphatic heterocycles. The summed E-state index contributed by atoms with van der Waals surface area (Å²) < 4.78 is 10.7. The molecule has 0 aliphatic carbocycles. The number of likely N-dealkylation sites (N-methyl/N-ethyl adjacent to an activating group) is 1. The molecule has 2 aromatic rings. The minimum Gasteiger partial charge on any atom is -0.493 e. The number of nitrogens with one attached hydrogen (secondary N) is 1. The quantitative estimate of drug-likeness (QED) is 0.730. The topological polar surface area (TPSA) is 50.8 Å². The van der Waals surface area contributed by atoms with Crippen LogP contribution in [-0.4, -0.2) is 38.1 Å². The molecule has 0 saturated heterocycles. The van der Waals surface area contributed by atoms with E-state index in [1.165, 1.54) is 0 Å². The number of rotatable bonds is 8. The lowest BCUT2D eigenvalue weighted by Gasteiger charge is -2.24. The molecule has 2 rings (SSSR count). The van der Waals surface area contributed by atoms with Gasteiger partial charge in [-0.15, -0.1) is 0 Å². The fourth-order valence-corrected chi connectivity index (χ4v) is 3.16. The van der Waals surface area contributed by atoms with Gasteiger partial charge in [0.1, 0.15) is 0 Å². The summed E-state index contributed by atoms with van der Waals surface area (Å²) in [6, 6.07) is 13.8. The first-order chi connectivity index (χ1) is 13.3. The van der Waals surface area contributed by atoms with Crippen molar-refractivity contribution < 1.29 is 14.3 Å². The lowest BCUT2D eigenvalue weighted by molar-refractivity contribution is -0.117. The van der Waals surface area contributed by atoms with Gasteiger partial charge < -0.3 is 14.8 Å². The van der Waals surface area contributed by atoms with Crippen LogP contribution in [0.5, 0.6) is 11.5 Å². The Morgan fingerprint density at radius 2 is 1.71 bits per heavy atom. The van der Waals surface area contributed by atoms with Crippen molar-refractivity contribution in [3.8, 4) is 11.5 Å². The fraction of sp³-hybridized carbons (Fsp3) is 0.435. The Labute approximate surface area is 168 Å². The third kappa shape index (κ3) is 5.73. The second-order valence-electron chi connectivity index (χ2n) is 7.84. The molecule has 0 heterocycles. The first-order valence-corrected chi connectivity index (χ1v) is 9.61. The number of benzene rings is 2. The summed E-state index contributed by atoms with van der Waals surface area (Å²) in [5, 5.41) is 3.08. The van der Waals surface area contributed by atoms with Crippen LogP contribution in [0.2, 0.25) is 0 Å². The van der Waals surface area contributed by atoms with Gasteiger partial charge in [0.15, 0.2) is 11.5 Å². The summed E-state index contributed by atoms with van der Waals surface area (Å²) in [5.74, 6) is 1.38. The second-order valence-corrected chi connectivity index (χ2v) is 7.84. The second kappa shape index (κ2) is 9.60. The van der Waals surface area contributed by atoms with Gasteiger partial charge in [-0.3, -0.25) is 9.69 Å². The van der Waals surface area contributed by atoms with Crippen molar-refractivity contribution in [3.05, 3.63) is 53.6 Å². The highest BCUT2D eigenvalue weighted by Gasteiger charge is 2.19. The number of hydrogen-bond acceptors (Lipinski definition) is 4. The maximum atomic E-state index is 12.7. The Morgan fingerprint density at radius 1 is 1.04 bits per heavy atom. The van der Waals surface area contributed by atoms with Crippen LogP contribution in [0, 0.1) is 0 Å². The Kier molecular flexibility index (Phi) is 7.46. The molecule has 0 radical (unpaired) electrons. The summed E-state index contributed by atoms with van der Waals surface area (Å²) in [4.78, 5) is 14.8. The zero-order valence-corrected chi connectivity index (χ0v) is 17.8. The van der Waals surface area contributed by atoms with E-state index in [0.717, 1.165) is 23.4 Å². The van der Waals surface area contributed by atoms with Crippen molar-refractivity contribution in [2.75, 3.05) is 32.6 Å². The van der Waals surface area contributed by atoms with E-state index in [9.17, 15) is 4.79 Å². The maximum Gasteiger partial charge on any atom is 0.238 e. The lowest BCUT2D eigenvalue weighted by Crippen LogP contribution is -2.33. The number of carbonyl (C=O) groups excluding carboxylic acids is 1. The maximum absolute atomic E-state index is 12.7. The summed E-state index contributed by atoms with van der Waals surface area (Å²) in [6.07, 6.45) is 0. The van der Waals surface area contributed by atoms with Gasteiger partial charge in [0.05, 0.1) is 20.8 Å². The molecule has 5 heteroatoms. The molecular weight excluding hydrogens is 352 g/mol. The predicted molar refractivity (Wildman–Crippen MR) is 114 cm³/mol. The molecule has 0 aromatic heterocycles. The molecule has 28 heavy (non-hydrogen) atoms. The van der Waals surface area contributed by atoms with Gasteiger partial charge in [0.25, 0.3) is 0 Å². The first kappa shape index (κ1) is 21.8. The summed E-state index contributed by atoms with van der Waals surface area (Å²) in [7, 11) is 3.25. The van der Waals surface area contributed by atoms with Crippen molar-refractivity contribution >= 4 is 11.6 Å². The molecule has 0 spiro atoms. The van der Waals surface area contributed by atoms with E-state index in [-0.39, 0.29) is 11.3 Å². The minimum atomic E-state index is -0.0338. The molecule has 152 valence electrons. The van der Waals surface area contributed by atoms with E-state index in [1.807, 2.05) is 36.4 Å². The molecule has 1 N–H and O–H groups in total. The Balaban J connectivity index is 2.06. The number of nitrogens with zero attached hydrogens (tertiary/aromatic N) is 1. The highest BCUT2D eigenvalue weighted by Crippen LogP contribution is 2.30. The van der Waals surface area contributed by atoms with Crippen LogP contribution < -0.4 is 14.8 Å². The van der Waals surface area contributed by atoms with Crippen molar-refractivity contribution in [2.45, 2.75) is 39.7 Å². The van der Waals surface area contributed by atoms with Crippen LogP contribution in [0.25, 0.3) is 0 Å². The highest BCUT2D eigenvalue weighted by atomic mass is 16.5. The number of carbonyl (C=O) groups is 1. The smallest absolute Gasteiger partial charge is 0.238 e. The normalized spacial score (nSPS) is 11.4. The standard InChI is InChI=1S/C23H32N2O3/c1-7-25(15-17-12-13-20(27-5)21(14-17)28-6)16-22(26)24-19-11-9-8-10-18(19)23(2,3)4/h8-14H,7,15-16H2,1-6H3,(H,24,26). The van der Waals surface area contributed by atoms with E-state index in [1.54, 1.807) is 14.2 Å². The van der Waals surface area contributed by atoms with Crippen molar-refractivity contribution in [1.82, 2.24) is 4.90 Å². The fourth-order valence-electron chi connectivity index (χ4n) is 3.16. The van der Waals surface area contributed by atoms with Gasteiger partial charge >= 0.3 is 0 Å². The minimum absolute atomic E-state index is 0.0148. The van der Waals surface area contributed by atoms with Gasteiger partial charge in [-0.1, -0.05) is 52.0 Å². The zero-order valence-electron chi connectivity index (χ0n) is 17.8. The number of ether oxygens (including phenoxy) is 2. The average Bonchev–Trinajstić information content (AvgIpc) is 2.66. The molecule has 0 aliphatic rings. The first-order valence-electron chi connectivity index (χ1n) is 9.61. The molecule has 0 fully saturated rings. The van der Waals surface area contributed by atoms with Crippen LogP contribution in [0.3, 0.4) is 0 Å². The molecule has 1 amide bonds. The molecular formula is C23H32N2O3. The van der Waals surface area contributed by atoms with E-state index in [0.29, 0.717) is 24.6 Å². The van der Waals surface area contributed by atoms with E-state index in [2.05, 4.69) is 44.0 Å². The number of hydrogen-bond donors (Lipinski definition) is 1. The van der Waals surface area contributed by atoms with Gasteiger partial charge in [-0.2, -0.15) is 0 Å². The number of amides is 1. The van der Waals surface area contributed by atoms with Crippen LogP contribution >= 0.6 is 0 Å². The molecule has 0 atom stereocenters. The molecule has 0 bridgehead atoms. The van der Waals surface area contributed by atoms with E-state index >= 15 is 0 Å². The predicted octanol–water partition coefficient (Wildman–Crippen LogP) is 4.46. The van der Waals surface area contributed by atoms with Crippen molar-refractivity contribution in [1.29, 1.82) is 0 Å². The Morgan fingerprint density at radius 3 is 2.32 bits per heavy atom. The van der Waals surface area contributed by atoms with Crippen LogP contribution in [0.15, 0.2) is 42.5 Å². The van der Waals surface area contributed by atoms with Crippen LogP contribution in [0.1, 0.15) is 38.8 Å². The van der Waals surface area contributed by atoms with Gasteiger partial charge in [0, 0.05) is 12.2 Å². The average molecular weight is 385 g/mol. The van der Waals surface area contributed by atoms with Crippen molar-refractivity contribution in [3.63, 3.8) is 0 Å².